The summed E-state index contributed by atoms with van der Waals surface area (Å²) in [6, 6.07) is 5.47. The first-order valence-electron chi connectivity index (χ1n) is 8.06. The zero-order chi connectivity index (χ0) is 18.7. The third kappa shape index (κ3) is 3.72. The third-order valence-electron chi connectivity index (χ3n) is 4.00. The van der Waals surface area contributed by atoms with Gasteiger partial charge in [0.05, 0.1) is 12.7 Å². The number of benzene rings is 1. The Morgan fingerprint density at radius 3 is 2.65 bits per heavy atom. The van der Waals surface area contributed by atoms with Crippen molar-refractivity contribution in [1.82, 2.24) is 0 Å². The molecule has 1 aromatic carbocycles. The predicted molar refractivity (Wildman–Crippen MR) is 100 cm³/mol. The van der Waals surface area contributed by atoms with Gasteiger partial charge in [0, 0.05) is 11.0 Å². The number of rotatable bonds is 4. The van der Waals surface area contributed by atoms with Crippen LogP contribution in [0.1, 0.15) is 26.4 Å². The second-order valence-electron chi connectivity index (χ2n) is 5.70. The van der Waals surface area contributed by atoms with Crippen molar-refractivity contribution in [2.75, 3.05) is 25.6 Å². The second-order valence-corrected chi connectivity index (χ2v) is 6.93. The standard InChI is InChI=1S/C19H19NO5S/c1-11-12(2)26-18(17(11)19(22)23-3)20-16(21)7-5-13-4-6-14-15(10-13)25-9-8-24-14/h4-7,10H,8-9H2,1-3H3,(H,20,21)/b7-5+. The molecule has 7 heteroatoms. The molecule has 26 heavy (non-hydrogen) atoms. The minimum atomic E-state index is -0.460. The van der Waals surface area contributed by atoms with Crippen LogP contribution in [0.15, 0.2) is 24.3 Å². The van der Waals surface area contributed by atoms with Gasteiger partial charge >= 0.3 is 5.97 Å². The highest BCUT2D eigenvalue weighted by molar-refractivity contribution is 7.16. The lowest BCUT2D eigenvalue weighted by atomic mass is 10.1. The van der Waals surface area contributed by atoms with Crippen molar-refractivity contribution >= 4 is 34.3 Å². The molecule has 1 aromatic heterocycles. The first kappa shape index (κ1) is 18.0. The smallest absolute Gasteiger partial charge is 0.341 e. The highest BCUT2D eigenvalue weighted by Gasteiger charge is 2.21. The summed E-state index contributed by atoms with van der Waals surface area (Å²) in [7, 11) is 1.32. The number of esters is 1. The normalized spacial score (nSPS) is 12.9. The van der Waals surface area contributed by atoms with Crippen molar-refractivity contribution in [2.45, 2.75) is 13.8 Å². The Bertz CT molecular complexity index is 884. The highest BCUT2D eigenvalue weighted by atomic mass is 32.1. The predicted octanol–water partition coefficient (Wildman–Crippen LogP) is 3.57. The summed E-state index contributed by atoms with van der Waals surface area (Å²) in [5.41, 5.74) is 2.03. The molecule has 0 saturated carbocycles. The summed E-state index contributed by atoms with van der Waals surface area (Å²) in [6.45, 7) is 4.77. The fourth-order valence-corrected chi connectivity index (χ4v) is 3.60. The fraction of sp³-hybridized carbons (Fsp3) is 0.263. The Balaban J connectivity index is 1.74. The van der Waals surface area contributed by atoms with Crippen molar-refractivity contribution in [3.63, 3.8) is 0 Å². The SMILES string of the molecule is COC(=O)c1c(NC(=O)/C=C/c2ccc3c(c2)OCCO3)sc(C)c1C. The molecule has 0 saturated heterocycles. The summed E-state index contributed by atoms with van der Waals surface area (Å²) in [4.78, 5) is 25.2. The van der Waals surface area contributed by atoms with Gasteiger partial charge in [-0.05, 0) is 43.2 Å². The molecule has 0 unspecified atom stereocenters. The Labute approximate surface area is 155 Å². The Hall–Kier alpha value is -2.80. The van der Waals surface area contributed by atoms with Crippen LogP contribution < -0.4 is 14.8 Å². The number of amides is 1. The molecule has 1 aliphatic rings. The molecule has 0 bridgehead atoms. The van der Waals surface area contributed by atoms with Gasteiger partial charge in [-0.2, -0.15) is 0 Å². The first-order valence-corrected chi connectivity index (χ1v) is 8.88. The van der Waals surface area contributed by atoms with Crippen LogP contribution in [0.25, 0.3) is 6.08 Å². The number of anilines is 1. The number of hydrogen-bond donors (Lipinski definition) is 1. The first-order chi connectivity index (χ1) is 12.5. The number of nitrogens with one attached hydrogen (secondary N) is 1. The zero-order valence-corrected chi connectivity index (χ0v) is 15.6. The van der Waals surface area contributed by atoms with E-state index in [2.05, 4.69) is 5.32 Å². The van der Waals surface area contributed by atoms with Crippen molar-refractivity contribution in [1.29, 1.82) is 0 Å². The van der Waals surface area contributed by atoms with E-state index in [1.54, 1.807) is 6.08 Å². The van der Waals surface area contributed by atoms with Gasteiger partial charge in [-0.3, -0.25) is 4.79 Å². The lowest BCUT2D eigenvalue weighted by molar-refractivity contribution is -0.111. The number of aryl methyl sites for hydroxylation is 1. The summed E-state index contributed by atoms with van der Waals surface area (Å²) in [5, 5.41) is 3.25. The van der Waals surface area contributed by atoms with Gasteiger partial charge in [0.1, 0.15) is 18.2 Å². The van der Waals surface area contributed by atoms with E-state index in [1.165, 1.54) is 24.5 Å². The number of ether oxygens (including phenoxy) is 3. The minimum Gasteiger partial charge on any atom is -0.486 e. The van der Waals surface area contributed by atoms with Gasteiger partial charge in [-0.15, -0.1) is 11.3 Å². The van der Waals surface area contributed by atoms with Crippen molar-refractivity contribution in [3.8, 4) is 11.5 Å². The molecule has 0 radical (unpaired) electrons. The molecule has 0 fully saturated rings. The van der Waals surface area contributed by atoms with Crippen molar-refractivity contribution in [3.05, 3.63) is 45.8 Å². The molecule has 136 valence electrons. The molecule has 3 rings (SSSR count). The number of carbonyl (C=O) groups is 2. The van der Waals surface area contributed by atoms with Gasteiger partial charge in [-0.1, -0.05) is 6.07 Å². The average Bonchev–Trinajstić information content (AvgIpc) is 2.92. The van der Waals surface area contributed by atoms with Crippen LogP contribution in [0, 0.1) is 13.8 Å². The fourth-order valence-electron chi connectivity index (χ4n) is 2.55. The highest BCUT2D eigenvalue weighted by Crippen LogP contribution is 2.33. The maximum absolute atomic E-state index is 12.3. The molecule has 0 atom stereocenters. The maximum Gasteiger partial charge on any atom is 0.341 e. The Morgan fingerprint density at radius 2 is 1.92 bits per heavy atom. The molecule has 1 N–H and O–H groups in total. The molecule has 0 spiro atoms. The van der Waals surface area contributed by atoms with Crippen LogP contribution in [0.2, 0.25) is 0 Å². The third-order valence-corrected chi connectivity index (χ3v) is 5.13. The van der Waals surface area contributed by atoms with Gasteiger partial charge in [0.15, 0.2) is 11.5 Å². The van der Waals surface area contributed by atoms with E-state index in [-0.39, 0.29) is 5.91 Å². The number of thiophene rings is 1. The minimum absolute atomic E-state index is 0.328. The van der Waals surface area contributed by atoms with E-state index in [0.29, 0.717) is 35.3 Å². The molecule has 6 nitrogen and oxygen atoms in total. The van der Waals surface area contributed by atoms with Gasteiger partial charge in [-0.25, -0.2) is 4.79 Å². The van der Waals surface area contributed by atoms with Gasteiger partial charge in [0.2, 0.25) is 5.91 Å². The maximum atomic E-state index is 12.3. The van der Waals surface area contributed by atoms with Crippen molar-refractivity contribution in [2.24, 2.45) is 0 Å². The number of carbonyl (C=O) groups excluding carboxylic acids is 2. The number of methoxy groups -OCH3 is 1. The lowest BCUT2D eigenvalue weighted by Gasteiger charge is -2.18. The molecular weight excluding hydrogens is 354 g/mol. The van der Waals surface area contributed by atoms with Crippen LogP contribution in [-0.4, -0.2) is 32.2 Å². The number of fused-ring (bicyclic) bond motifs is 1. The summed E-state index contributed by atoms with van der Waals surface area (Å²) in [6.07, 6.45) is 3.09. The van der Waals surface area contributed by atoms with E-state index >= 15 is 0 Å². The molecule has 2 heterocycles. The topological polar surface area (TPSA) is 73.9 Å². The van der Waals surface area contributed by atoms with Gasteiger partial charge < -0.3 is 19.5 Å². The van der Waals surface area contributed by atoms with Gasteiger partial charge in [0.25, 0.3) is 0 Å². The average molecular weight is 373 g/mol. The quantitative estimate of drug-likeness (QED) is 0.655. The van der Waals surface area contributed by atoms with Crippen LogP contribution in [0.4, 0.5) is 5.00 Å². The molecule has 1 amide bonds. The zero-order valence-electron chi connectivity index (χ0n) is 14.8. The lowest BCUT2D eigenvalue weighted by Crippen LogP contribution is -2.15. The monoisotopic (exact) mass is 373 g/mol. The summed E-state index contributed by atoms with van der Waals surface area (Å²) in [5.74, 6) is 0.575. The molecule has 1 aliphatic heterocycles. The molecular formula is C19H19NO5S. The largest absolute Gasteiger partial charge is 0.486 e. The van der Waals surface area contributed by atoms with E-state index in [4.69, 9.17) is 14.2 Å². The van der Waals surface area contributed by atoms with E-state index < -0.39 is 5.97 Å². The van der Waals surface area contributed by atoms with Crippen molar-refractivity contribution < 1.29 is 23.8 Å². The Kier molecular flexibility index (Phi) is 5.27. The molecule has 0 aliphatic carbocycles. The summed E-state index contributed by atoms with van der Waals surface area (Å²) < 4.78 is 15.8. The van der Waals surface area contributed by atoms with E-state index in [0.717, 1.165) is 16.0 Å². The molecule has 2 aromatic rings. The van der Waals surface area contributed by atoms with Crippen LogP contribution in [-0.2, 0) is 9.53 Å². The van der Waals surface area contributed by atoms with Crippen LogP contribution >= 0.6 is 11.3 Å². The van der Waals surface area contributed by atoms with Crippen LogP contribution in [0.3, 0.4) is 0 Å². The number of hydrogen-bond acceptors (Lipinski definition) is 6. The summed E-state index contributed by atoms with van der Waals surface area (Å²) >= 11 is 1.35. The second kappa shape index (κ2) is 7.61. The van der Waals surface area contributed by atoms with E-state index in [9.17, 15) is 9.59 Å². The van der Waals surface area contributed by atoms with E-state index in [1.807, 2.05) is 32.0 Å². The van der Waals surface area contributed by atoms with Crippen LogP contribution in [0.5, 0.6) is 11.5 Å². The Morgan fingerprint density at radius 1 is 1.19 bits per heavy atom.